The van der Waals surface area contributed by atoms with Crippen LogP contribution in [0.25, 0.3) is 0 Å². The zero-order valence-corrected chi connectivity index (χ0v) is 18.3. The summed E-state index contributed by atoms with van der Waals surface area (Å²) >= 11 is 0. The molecule has 1 unspecified atom stereocenters. The largest absolute Gasteiger partial charge is 0.445 e. The lowest BCUT2D eigenvalue weighted by atomic mass is 10.2. The number of anilines is 2. The number of H-pyrrole nitrogens is 1. The molecule has 1 fully saturated rings. The number of aromatic amines is 1. The number of aliphatic imine (C=N–C) groups is 1. The first-order chi connectivity index (χ1) is 16.0. The third-order valence-electron chi connectivity index (χ3n) is 5.39. The summed E-state index contributed by atoms with van der Waals surface area (Å²) in [5.74, 6) is -0.121. The molecule has 1 saturated heterocycles. The lowest BCUT2D eigenvalue weighted by Crippen LogP contribution is -2.36. The summed E-state index contributed by atoms with van der Waals surface area (Å²) in [7, 11) is 0. The molecule has 1 atom stereocenters. The molecule has 0 bridgehead atoms. The van der Waals surface area contributed by atoms with Gasteiger partial charge in [0.05, 0.1) is 6.04 Å². The van der Waals surface area contributed by atoms with E-state index in [1.165, 1.54) is 0 Å². The molecule has 33 heavy (non-hydrogen) atoms. The smallest absolute Gasteiger partial charge is 0.410 e. The first-order valence-corrected chi connectivity index (χ1v) is 10.7. The van der Waals surface area contributed by atoms with E-state index in [1.54, 1.807) is 11.1 Å². The van der Waals surface area contributed by atoms with Crippen LogP contribution in [0.2, 0.25) is 0 Å². The number of likely N-dealkylation sites (tertiary alicyclic amines) is 1. The van der Waals surface area contributed by atoms with Crippen molar-refractivity contribution in [3.63, 3.8) is 0 Å². The van der Waals surface area contributed by atoms with Gasteiger partial charge in [0.15, 0.2) is 5.82 Å². The third-order valence-corrected chi connectivity index (χ3v) is 5.39. The van der Waals surface area contributed by atoms with Crippen molar-refractivity contribution in [1.29, 1.82) is 0 Å². The van der Waals surface area contributed by atoms with Gasteiger partial charge in [-0.05, 0) is 43.0 Å². The van der Waals surface area contributed by atoms with Crippen LogP contribution in [-0.4, -0.2) is 45.9 Å². The van der Waals surface area contributed by atoms with Crippen LogP contribution in [0.1, 0.15) is 34.3 Å². The molecule has 2 amide bonds. The highest BCUT2D eigenvalue weighted by molar-refractivity contribution is 6.03. The lowest BCUT2D eigenvalue weighted by Gasteiger charge is -2.21. The summed E-state index contributed by atoms with van der Waals surface area (Å²) in [6.45, 7) is 2.76. The van der Waals surface area contributed by atoms with Crippen LogP contribution in [0.3, 0.4) is 0 Å². The van der Waals surface area contributed by atoms with Gasteiger partial charge in [-0.15, -0.1) is 0 Å². The number of aromatic nitrogens is 2. The Morgan fingerprint density at radius 3 is 2.85 bits per heavy atom. The van der Waals surface area contributed by atoms with Gasteiger partial charge in [0.1, 0.15) is 18.0 Å². The molecule has 4 rings (SSSR count). The summed E-state index contributed by atoms with van der Waals surface area (Å²) in [6.07, 6.45) is 2.80. The number of nitrogens with zero attached hydrogens (tertiary/aromatic N) is 3. The fourth-order valence-corrected chi connectivity index (χ4v) is 3.75. The Bertz CT molecular complexity index is 1160. The molecule has 1 aromatic heterocycles. The van der Waals surface area contributed by atoms with Crippen LogP contribution in [-0.2, 0) is 11.3 Å². The number of nitrogens with one attached hydrogen (secondary N) is 2. The van der Waals surface area contributed by atoms with Gasteiger partial charge in [0, 0.05) is 18.4 Å². The van der Waals surface area contributed by atoms with Gasteiger partial charge >= 0.3 is 6.09 Å². The van der Waals surface area contributed by atoms with Crippen LogP contribution in [0, 0.1) is 6.92 Å². The van der Waals surface area contributed by atoms with Crippen molar-refractivity contribution in [2.75, 3.05) is 11.9 Å². The number of hydrogen-bond donors (Lipinski definition) is 3. The van der Waals surface area contributed by atoms with E-state index in [1.807, 2.05) is 61.5 Å². The number of hydrogen-bond acceptors (Lipinski definition) is 6. The molecule has 0 radical (unpaired) electrons. The fraction of sp³-hybridized carbons (Fsp3) is 0.250. The highest BCUT2D eigenvalue weighted by Crippen LogP contribution is 2.27. The number of carbonyl (C=O) groups is 2. The van der Waals surface area contributed by atoms with E-state index in [2.05, 4.69) is 20.5 Å². The monoisotopic (exact) mass is 446 g/mol. The Balaban J connectivity index is 1.45. The average Bonchev–Trinajstić information content (AvgIpc) is 3.43. The minimum absolute atomic E-state index is 0.156. The Hall–Kier alpha value is -4.14. The summed E-state index contributed by atoms with van der Waals surface area (Å²) in [4.78, 5) is 30.7. The first-order valence-electron chi connectivity index (χ1n) is 10.7. The predicted octanol–water partition coefficient (Wildman–Crippen LogP) is 4.06. The zero-order valence-electron chi connectivity index (χ0n) is 18.3. The number of amides is 2. The van der Waals surface area contributed by atoms with Crippen molar-refractivity contribution in [2.45, 2.75) is 32.4 Å². The molecular formula is C24H26N6O3. The van der Waals surface area contributed by atoms with Crippen LogP contribution in [0.4, 0.5) is 22.1 Å². The maximum Gasteiger partial charge on any atom is 0.410 e. The van der Waals surface area contributed by atoms with Gasteiger partial charge in [0.2, 0.25) is 0 Å². The molecule has 2 aromatic carbocycles. The highest BCUT2D eigenvalue weighted by atomic mass is 16.6. The van der Waals surface area contributed by atoms with Gasteiger partial charge < -0.3 is 20.7 Å². The SMILES string of the molecule is Cc1cccc(Nc2[nH]nc(N=CC3CCCN3C(=O)OCc3ccccc3)c2C(N)=O)c1. The second-order valence-electron chi connectivity index (χ2n) is 7.88. The molecule has 1 aliphatic rings. The van der Waals surface area contributed by atoms with Crippen LogP contribution >= 0.6 is 0 Å². The van der Waals surface area contributed by atoms with E-state index in [9.17, 15) is 9.59 Å². The summed E-state index contributed by atoms with van der Waals surface area (Å²) in [5, 5.41) is 10.1. The number of benzene rings is 2. The number of carbonyl (C=O) groups excluding carboxylic acids is 2. The van der Waals surface area contributed by atoms with Crippen LogP contribution in [0.15, 0.2) is 59.6 Å². The van der Waals surface area contributed by atoms with Gasteiger partial charge in [-0.1, -0.05) is 42.5 Å². The van der Waals surface area contributed by atoms with Gasteiger partial charge in [0.25, 0.3) is 5.91 Å². The predicted molar refractivity (Wildman–Crippen MR) is 126 cm³/mol. The standard InChI is InChI=1S/C24H26N6O3/c1-16-7-5-10-18(13-16)27-23-20(21(25)31)22(28-29-23)26-14-19-11-6-12-30(19)24(32)33-15-17-8-3-2-4-9-17/h2-5,7-10,13-14,19H,6,11-12,15H2,1H3,(H2,25,31)(H2,27,28,29). The fourth-order valence-electron chi connectivity index (χ4n) is 3.75. The molecule has 0 saturated carbocycles. The number of ether oxygens (including phenoxy) is 1. The maximum absolute atomic E-state index is 12.6. The lowest BCUT2D eigenvalue weighted by molar-refractivity contribution is 0.0990. The average molecular weight is 447 g/mol. The minimum Gasteiger partial charge on any atom is -0.445 e. The second-order valence-corrected chi connectivity index (χ2v) is 7.88. The van der Waals surface area contributed by atoms with E-state index in [-0.39, 0.29) is 24.0 Å². The van der Waals surface area contributed by atoms with E-state index in [0.29, 0.717) is 12.4 Å². The molecule has 0 spiro atoms. The van der Waals surface area contributed by atoms with Gasteiger partial charge in [-0.25, -0.2) is 9.79 Å². The molecular weight excluding hydrogens is 420 g/mol. The molecule has 3 aromatic rings. The van der Waals surface area contributed by atoms with E-state index in [4.69, 9.17) is 10.5 Å². The first kappa shape index (κ1) is 22.1. The third kappa shape index (κ3) is 5.38. The van der Waals surface area contributed by atoms with Crippen LogP contribution < -0.4 is 11.1 Å². The Kier molecular flexibility index (Phi) is 6.68. The van der Waals surface area contributed by atoms with Gasteiger partial charge in [-0.3, -0.25) is 9.89 Å². The zero-order chi connectivity index (χ0) is 23.2. The van der Waals surface area contributed by atoms with Gasteiger partial charge in [-0.2, -0.15) is 5.10 Å². The quantitative estimate of drug-likeness (QED) is 0.472. The van der Waals surface area contributed by atoms with Crippen molar-refractivity contribution in [2.24, 2.45) is 10.7 Å². The Morgan fingerprint density at radius 2 is 2.09 bits per heavy atom. The van der Waals surface area contributed by atoms with Crippen molar-refractivity contribution in [3.8, 4) is 0 Å². The van der Waals surface area contributed by atoms with Crippen molar-refractivity contribution in [3.05, 3.63) is 71.3 Å². The molecule has 1 aliphatic heterocycles. The maximum atomic E-state index is 12.6. The highest BCUT2D eigenvalue weighted by Gasteiger charge is 2.29. The van der Waals surface area contributed by atoms with Crippen molar-refractivity contribution in [1.82, 2.24) is 15.1 Å². The number of rotatable bonds is 7. The topological polar surface area (TPSA) is 126 Å². The van der Waals surface area contributed by atoms with Crippen molar-refractivity contribution < 1.29 is 14.3 Å². The molecule has 9 nitrogen and oxygen atoms in total. The van der Waals surface area contributed by atoms with E-state index in [0.717, 1.165) is 29.7 Å². The minimum atomic E-state index is -0.656. The Labute approximate surface area is 191 Å². The molecule has 9 heteroatoms. The number of aryl methyl sites for hydroxylation is 1. The van der Waals surface area contributed by atoms with Crippen molar-refractivity contribution >= 4 is 35.5 Å². The molecule has 2 heterocycles. The van der Waals surface area contributed by atoms with E-state index >= 15 is 0 Å². The van der Waals surface area contributed by atoms with Crippen LogP contribution in [0.5, 0.6) is 0 Å². The summed E-state index contributed by atoms with van der Waals surface area (Å²) in [6, 6.07) is 17.0. The number of nitrogens with two attached hydrogens (primary N) is 1. The van der Waals surface area contributed by atoms with E-state index < -0.39 is 12.0 Å². The number of primary amides is 1. The normalized spacial score (nSPS) is 15.7. The Morgan fingerprint density at radius 1 is 1.27 bits per heavy atom. The summed E-state index contributed by atoms with van der Waals surface area (Å²) < 4.78 is 5.46. The molecule has 0 aliphatic carbocycles. The second kappa shape index (κ2) is 9.99. The molecule has 4 N–H and O–H groups in total. The molecule has 170 valence electrons. The summed E-state index contributed by atoms with van der Waals surface area (Å²) in [5.41, 5.74) is 8.54.